The Hall–Kier alpha value is -2.99. The molecule has 1 unspecified atom stereocenters. The van der Waals surface area contributed by atoms with Gasteiger partial charge >= 0.3 is 5.97 Å². The molecule has 2 atom stereocenters. The summed E-state index contributed by atoms with van der Waals surface area (Å²) < 4.78 is 16.4. The highest BCUT2D eigenvalue weighted by Gasteiger charge is 2.44. The number of hydrogen-bond donors (Lipinski definition) is 2. The molecule has 0 fully saturated rings. The first-order valence-electron chi connectivity index (χ1n) is 9.53. The Morgan fingerprint density at radius 2 is 2.04 bits per heavy atom. The number of rotatable bonds is 3. The van der Waals surface area contributed by atoms with Gasteiger partial charge in [-0.1, -0.05) is 24.3 Å². The summed E-state index contributed by atoms with van der Waals surface area (Å²) >= 11 is 0. The first-order chi connectivity index (χ1) is 13.6. The van der Waals surface area contributed by atoms with Crippen LogP contribution in [0.3, 0.4) is 0 Å². The van der Waals surface area contributed by atoms with Crippen molar-refractivity contribution < 1.29 is 19.0 Å². The minimum absolute atomic E-state index is 0.194. The van der Waals surface area contributed by atoms with Crippen LogP contribution in [-0.2, 0) is 16.0 Å². The fraction of sp³-hybridized carbons (Fsp3) is 0.318. The zero-order chi connectivity index (χ0) is 19.3. The molecule has 0 bridgehead atoms. The third-order valence-electron chi connectivity index (χ3n) is 5.58. The van der Waals surface area contributed by atoms with E-state index < -0.39 is 5.54 Å². The van der Waals surface area contributed by atoms with Gasteiger partial charge in [-0.05, 0) is 43.2 Å². The van der Waals surface area contributed by atoms with Gasteiger partial charge in [-0.25, -0.2) is 0 Å². The van der Waals surface area contributed by atoms with Crippen molar-refractivity contribution in [2.24, 2.45) is 0 Å². The van der Waals surface area contributed by atoms with Gasteiger partial charge in [0.1, 0.15) is 5.54 Å². The second-order valence-electron chi connectivity index (χ2n) is 7.48. The number of ether oxygens (including phenoxy) is 3. The maximum atomic E-state index is 12.8. The Morgan fingerprint density at radius 3 is 2.89 bits per heavy atom. The average molecular weight is 378 g/mol. The van der Waals surface area contributed by atoms with Crippen LogP contribution in [0, 0.1) is 0 Å². The molecule has 2 aliphatic rings. The summed E-state index contributed by atoms with van der Waals surface area (Å²) in [7, 11) is 0. The van der Waals surface area contributed by atoms with E-state index in [-0.39, 0.29) is 18.8 Å². The van der Waals surface area contributed by atoms with E-state index in [0.29, 0.717) is 13.0 Å². The van der Waals surface area contributed by atoms with Crippen molar-refractivity contribution in [3.63, 3.8) is 0 Å². The van der Waals surface area contributed by atoms with E-state index in [4.69, 9.17) is 14.2 Å². The third-order valence-corrected chi connectivity index (χ3v) is 5.58. The number of para-hydroxylation sites is 1. The highest BCUT2D eigenvalue weighted by molar-refractivity contribution is 5.88. The molecule has 0 radical (unpaired) electrons. The lowest BCUT2D eigenvalue weighted by molar-refractivity contribution is -0.151. The van der Waals surface area contributed by atoms with Gasteiger partial charge in [0.2, 0.25) is 6.79 Å². The van der Waals surface area contributed by atoms with Crippen molar-refractivity contribution in [2.45, 2.75) is 31.8 Å². The molecule has 144 valence electrons. The van der Waals surface area contributed by atoms with E-state index in [2.05, 4.69) is 22.4 Å². The summed E-state index contributed by atoms with van der Waals surface area (Å²) in [6, 6.07) is 13.9. The van der Waals surface area contributed by atoms with Crippen molar-refractivity contribution in [1.82, 2.24) is 10.3 Å². The topological polar surface area (TPSA) is 72.6 Å². The van der Waals surface area contributed by atoms with Crippen LogP contribution in [0.15, 0.2) is 42.5 Å². The molecule has 0 saturated carbocycles. The van der Waals surface area contributed by atoms with E-state index in [0.717, 1.165) is 39.2 Å². The van der Waals surface area contributed by atoms with Gasteiger partial charge in [-0.3, -0.25) is 10.1 Å². The molecule has 3 heterocycles. The predicted octanol–water partition coefficient (Wildman–Crippen LogP) is 3.45. The van der Waals surface area contributed by atoms with Crippen LogP contribution in [0.4, 0.5) is 0 Å². The number of fused-ring (bicyclic) bond motifs is 4. The molecule has 0 spiro atoms. The number of carbonyl (C=O) groups excluding carboxylic acids is 1. The lowest BCUT2D eigenvalue weighted by Gasteiger charge is -2.38. The van der Waals surface area contributed by atoms with Gasteiger partial charge in [0, 0.05) is 23.0 Å². The van der Waals surface area contributed by atoms with Crippen LogP contribution in [0.5, 0.6) is 11.5 Å². The van der Waals surface area contributed by atoms with Crippen molar-refractivity contribution in [2.75, 3.05) is 13.4 Å². The molecule has 0 aliphatic carbocycles. The molecular formula is C22H22N2O4. The number of nitrogens with one attached hydrogen (secondary N) is 2. The Kier molecular flexibility index (Phi) is 3.84. The maximum absolute atomic E-state index is 12.8. The first-order valence-corrected chi connectivity index (χ1v) is 9.53. The van der Waals surface area contributed by atoms with Crippen LogP contribution >= 0.6 is 0 Å². The van der Waals surface area contributed by atoms with Crippen molar-refractivity contribution in [3.8, 4) is 11.5 Å². The van der Waals surface area contributed by atoms with E-state index in [1.807, 2.05) is 44.2 Å². The average Bonchev–Trinajstić information content (AvgIpc) is 3.31. The van der Waals surface area contributed by atoms with Crippen LogP contribution < -0.4 is 14.8 Å². The summed E-state index contributed by atoms with van der Waals surface area (Å²) in [6.45, 7) is 4.33. The highest BCUT2D eigenvalue weighted by atomic mass is 16.7. The second kappa shape index (κ2) is 6.27. The zero-order valence-corrected chi connectivity index (χ0v) is 15.9. The molecule has 0 amide bonds. The fourth-order valence-corrected chi connectivity index (χ4v) is 4.22. The summed E-state index contributed by atoms with van der Waals surface area (Å²) in [5.41, 5.74) is 3.46. The van der Waals surface area contributed by atoms with Crippen molar-refractivity contribution in [3.05, 3.63) is 59.3 Å². The summed E-state index contributed by atoms with van der Waals surface area (Å²) in [6.07, 6.45) is 0.562. The molecule has 2 aliphatic heterocycles. The molecule has 3 aromatic rings. The summed E-state index contributed by atoms with van der Waals surface area (Å²) in [4.78, 5) is 16.4. The number of aromatic nitrogens is 1. The first kappa shape index (κ1) is 17.1. The molecule has 5 rings (SSSR count). The van der Waals surface area contributed by atoms with Crippen LogP contribution in [0.25, 0.3) is 10.9 Å². The largest absolute Gasteiger partial charge is 0.465 e. The zero-order valence-electron chi connectivity index (χ0n) is 15.9. The molecule has 1 aromatic heterocycles. The van der Waals surface area contributed by atoms with Crippen LogP contribution in [0.2, 0.25) is 0 Å². The van der Waals surface area contributed by atoms with Gasteiger partial charge in [0.15, 0.2) is 11.5 Å². The molecule has 28 heavy (non-hydrogen) atoms. The minimum Gasteiger partial charge on any atom is -0.465 e. The maximum Gasteiger partial charge on any atom is 0.326 e. The number of hydrogen-bond acceptors (Lipinski definition) is 5. The normalized spacial score (nSPS) is 22.9. The Balaban J connectivity index is 1.66. The molecule has 6 heteroatoms. The smallest absolute Gasteiger partial charge is 0.326 e. The lowest BCUT2D eigenvalue weighted by Crippen LogP contribution is -2.56. The molecule has 0 saturated heterocycles. The summed E-state index contributed by atoms with van der Waals surface area (Å²) in [5.74, 6) is 1.22. The minimum atomic E-state index is -0.824. The van der Waals surface area contributed by atoms with E-state index in [1.54, 1.807) is 0 Å². The van der Waals surface area contributed by atoms with Crippen molar-refractivity contribution >= 4 is 16.9 Å². The fourth-order valence-electron chi connectivity index (χ4n) is 4.22. The molecule has 2 aromatic carbocycles. The number of benzene rings is 2. The molecule has 2 N–H and O–H groups in total. The number of esters is 1. The van der Waals surface area contributed by atoms with Gasteiger partial charge in [-0.15, -0.1) is 0 Å². The van der Waals surface area contributed by atoms with Gasteiger partial charge in [0.05, 0.1) is 12.6 Å². The SMILES string of the molecule is CCOC(=O)C1(C)Cc2c([nH]c3ccccc23)[C@@H](c2ccc3c(c2)OCO3)N1. The number of carbonyl (C=O) groups is 1. The van der Waals surface area contributed by atoms with Gasteiger partial charge < -0.3 is 19.2 Å². The molecule has 6 nitrogen and oxygen atoms in total. The monoisotopic (exact) mass is 378 g/mol. The lowest BCUT2D eigenvalue weighted by atomic mass is 9.82. The standard InChI is InChI=1S/C22H22N2O4/c1-3-26-21(25)22(2)11-15-14-6-4-5-7-16(14)23-20(15)19(24-22)13-8-9-17-18(10-13)28-12-27-17/h4-10,19,23-24H,3,11-12H2,1-2H3/t19-,22?/m1/s1. The van der Waals surface area contributed by atoms with Gasteiger partial charge in [0.25, 0.3) is 0 Å². The van der Waals surface area contributed by atoms with Gasteiger partial charge in [-0.2, -0.15) is 0 Å². The number of H-pyrrole nitrogens is 1. The Bertz CT molecular complexity index is 1070. The number of aromatic amines is 1. The second-order valence-corrected chi connectivity index (χ2v) is 7.48. The summed E-state index contributed by atoms with van der Waals surface area (Å²) in [5, 5.41) is 4.68. The van der Waals surface area contributed by atoms with E-state index in [9.17, 15) is 4.79 Å². The highest BCUT2D eigenvalue weighted by Crippen LogP contribution is 2.41. The van der Waals surface area contributed by atoms with E-state index in [1.165, 1.54) is 0 Å². The Morgan fingerprint density at radius 1 is 1.21 bits per heavy atom. The third kappa shape index (κ3) is 2.56. The van der Waals surface area contributed by atoms with E-state index >= 15 is 0 Å². The molecular weight excluding hydrogens is 356 g/mol. The van der Waals surface area contributed by atoms with Crippen LogP contribution in [-0.4, -0.2) is 29.9 Å². The predicted molar refractivity (Wildman–Crippen MR) is 105 cm³/mol. The Labute approximate surface area is 162 Å². The quantitative estimate of drug-likeness (QED) is 0.683. The van der Waals surface area contributed by atoms with Crippen LogP contribution in [0.1, 0.15) is 36.7 Å². The van der Waals surface area contributed by atoms with Crippen molar-refractivity contribution in [1.29, 1.82) is 0 Å².